The lowest BCUT2D eigenvalue weighted by Crippen LogP contribution is -2.64. The van der Waals surface area contributed by atoms with Crippen LogP contribution in [0.5, 0.6) is 0 Å². The van der Waals surface area contributed by atoms with Crippen molar-refractivity contribution in [3.8, 4) is 0 Å². The fraction of sp³-hybridized carbons (Fsp3) is 0.897. The van der Waals surface area contributed by atoms with E-state index in [2.05, 4.69) is 41.2 Å². The molecule has 5 fully saturated rings. The fourth-order valence-corrected chi connectivity index (χ4v) is 11.3. The van der Waals surface area contributed by atoms with Crippen LogP contribution in [0.25, 0.3) is 0 Å². The molecule has 13 nitrogen and oxygen atoms in total. The minimum atomic E-state index is -1.79. The Labute approximate surface area is 307 Å². The molecule has 9 N–H and O–H groups in total. The Hall–Kier alpha value is -1.04. The van der Waals surface area contributed by atoms with Crippen molar-refractivity contribution in [3.05, 3.63) is 23.8 Å². The van der Waals surface area contributed by atoms with Crippen molar-refractivity contribution in [2.45, 2.75) is 159 Å². The third-order valence-corrected chi connectivity index (χ3v) is 14.5. The molecule has 298 valence electrons. The first-order chi connectivity index (χ1) is 24.4. The molecule has 4 aliphatic carbocycles. The van der Waals surface area contributed by atoms with Gasteiger partial charge in [0.25, 0.3) is 0 Å². The van der Waals surface area contributed by atoms with Crippen LogP contribution >= 0.6 is 0 Å². The van der Waals surface area contributed by atoms with E-state index in [0.717, 1.165) is 38.5 Å². The Kier molecular flexibility index (Phi) is 12.1. The molecule has 52 heavy (non-hydrogen) atoms. The monoisotopic (exact) mass is 740 g/mol. The molecular formula is C39H64O13. The van der Waals surface area contributed by atoms with Crippen LogP contribution in [0.1, 0.15) is 79.6 Å². The van der Waals surface area contributed by atoms with Gasteiger partial charge in [0.15, 0.2) is 12.6 Å². The summed E-state index contributed by atoms with van der Waals surface area (Å²) in [6, 6.07) is 0. The molecule has 3 saturated carbocycles. The molecule has 6 rings (SSSR count). The minimum Gasteiger partial charge on any atom is -0.394 e. The van der Waals surface area contributed by atoms with E-state index in [9.17, 15) is 46.0 Å². The van der Waals surface area contributed by atoms with Crippen molar-refractivity contribution in [2.75, 3.05) is 13.2 Å². The summed E-state index contributed by atoms with van der Waals surface area (Å²) in [5.41, 5.74) is 1.34. The number of aliphatic hydroxyl groups excluding tert-OH is 9. The molecule has 0 aromatic rings. The highest BCUT2D eigenvalue weighted by Gasteiger charge is 2.64. The first-order valence-electron chi connectivity index (χ1n) is 19.5. The molecule has 6 aliphatic rings. The standard InChI is InChI=1S/C39H64O13/c1-17(2)18(3)7-8-19(4)20-9-10-21-28-22(11-12-38(20,21)5)39(6)14-25(42)29(44)34(23(39)13-24(28)41)51-37-35(30(45)26(43)16-49-37)52-36-33(48)32(47)31(46)27(15-40)50-36/h13,17,19-22,24-37,40-48H,3,7-12,14-16H2,1-2,4-6H3/t19-,20-,21+,22+,24+,25-,26-,27-,28+,29+,30+,31+,32+,33-,34-,35-,36?,37?,38-,39-/m1/s1. The van der Waals surface area contributed by atoms with E-state index in [4.69, 9.17) is 18.9 Å². The maximum Gasteiger partial charge on any atom is 0.187 e. The molecule has 0 bridgehead atoms. The van der Waals surface area contributed by atoms with Crippen LogP contribution < -0.4 is 0 Å². The maximum atomic E-state index is 12.0. The van der Waals surface area contributed by atoms with E-state index in [0.29, 0.717) is 23.3 Å². The third-order valence-electron chi connectivity index (χ3n) is 14.5. The first-order valence-corrected chi connectivity index (χ1v) is 19.5. The Morgan fingerprint density at radius 2 is 1.58 bits per heavy atom. The van der Waals surface area contributed by atoms with Crippen LogP contribution in [0.2, 0.25) is 0 Å². The normalized spacial score (nSPS) is 51.3. The van der Waals surface area contributed by atoms with E-state index < -0.39 is 91.7 Å². The maximum absolute atomic E-state index is 12.0. The van der Waals surface area contributed by atoms with Crippen molar-refractivity contribution >= 4 is 0 Å². The number of allylic oxidation sites excluding steroid dienone is 1. The minimum absolute atomic E-state index is 0.00412. The predicted molar refractivity (Wildman–Crippen MR) is 187 cm³/mol. The van der Waals surface area contributed by atoms with Gasteiger partial charge in [-0.2, -0.15) is 0 Å². The van der Waals surface area contributed by atoms with Gasteiger partial charge in [-0.3, -0.25) is 0 Å². The molecule has 0 aromatic carbocycles. The number of hydrogen-bond acceptors (Lipinski definition) is 13. The lowest BCUT2D eigenvalue weighted by Gasteiger charge is -2.61. The molecule has 2 heterocycles. The smallest absolute Gasteiger partial charge is 0.187 e. The van der Waals surface area contributed by atoms with Crippen LogP contribution in [0, 0.1) is 46.3 Å². The average molecular weight is 741 g/mol. The molecular weight excluding hydrogens is 676 g/mol. The highest BCUT2D eigenvalue weighted by molar-refractivity contribution is 5.33. The second kappa shape index (κ2) is 15.5. The Morgan fingerprint density at radius 3 is 2.25 bits per heavy atom. The molecule has 2 saturated heterocycles. The quantitative estimate of drug-likeness (QED) is 0.142. The van der Waals surface area contributed by atoms with Crippen LogP contribution in [0.3, 0.4) is 0 Å². The molecule has 2 unspecified atom stereocenters. The van der Waals surface area contributed by atoms with Crippen molar-refractivity contribution in [1.29, 1.82) is 0 Å². The zero-order valence-corrected chi connectivity index (χ0v) is 31.3. The summed E-state index contributed by atoms with van der Waals surface area (Å²) in [5.74, 6) is 1.77. The average Bonchev–Trinajstić information content (AvgIpc) is 3.46. The summed E-state index contributed by atoms with van der Waals surface area (Å²) in [4.78, 5) is 0. The molecule has 2 aliphatic heterocycles. The van der Waals surface area contributed by atoms with Crippen molar-refractivity contribution in [1.82, 2.24) is 0 Å². The van der Waals surface area contributed by atoms with Crippen LogP contribution in [-0.4, -0.2) is 139 Å². The number of fused-ring (bicyclic) bond motifs is 5. The van der Waals surface area contributed by atoms with Gasteiger partial charge in [0.05, 0.1) is 25.4 Å². The first kappa shape index (κ1) is 40.6. The molecule has 0 aromatic heterocycles. The lowest BCUT2D eigenvalue weighted by molar-refractivity contribution is -0.363. The summed E-state index contributed by atoms with van der Waals surface area (Å²) in [7, 11) is 0. The third kappa shape index (κ3) is 6.99. The molecule has 13 heteroatoms. The van der Waals surface area contributed by atoms with Gasteiger partial charge >= 0.3 is 0 Å². The van der Waals surface area contributed by atoms with Crippen molar-refractivity contribution < 1.29 is 64.9 Å². The van der Waals surface area contributed by atoms with E-state index in [1.54, 1.807) is 6.08 Å². The van der Waals surface area contributed by atoms with Gasteiger partial charge < -0.3 is 64.9 Å². The molecule has 0 amide bonds. The van der Waals surface area contributed by atoms with Crippen molar-refractivity contribution in [2.24, 2.45) is 46.3 Å². The lowest BCUT2D eigenvalue weighted by atomic mass is 9.45. The van der Waals surface area contributed by atoms with Gasteiger partial charge in [-0.15, -0.1) is 0 Å². The Bertz CT molecular complexity index is 1290. The number of rotatable bonds is 10. The number of hydrogen-bond donors (Lipinski definition) is 9. The topological polar surface area (TPSA) is 219 Å². The van der Waals surface area contributed by atoms with E-state index in [1.807, 2.05) is 0 Å². The zero-order valence-electron chi connectivity index (χ0n) is 31.3. The second-order valence-electron chi connectivity index (χ2n) is 17.8. The summed E-state index contributed by atoms with van der Waals surface area (Å²) in [5, 5.41) is 97.2. The van der Waals surface area contributed by atoms with Crippen LogP contribution in [-0.2, 0) is 18.9 Å². The van der Waals surface area contributed by atoms with Crippen molar-refractivity contribution in [3.63, 3.8) is 0 Å². The highest BCUT2D eigenvalue weighted by Crippen LogP contribution is 2.67. The van der Waals surface area contributed by atoms with Gasteiger partial charge in [0.2, 0.25) is 0 Å². The van der Waals surface area contributed by atoms with Gasteiger partial charge in [-0.25, -0.2) is 0 Å². The number of ether oxygens (including phenoxy) is 4. The van der Waals surface area contributed by atoms with Crippen LogP contribution in [0.15, 0.2) is 23.8 Å². The van der Waals surface area contributed by atoms with Gasteiger partial charge in [-0.1, -0.05) is 52.8 Å². The number of aliphatic hydroxyl groups is 9. The fourth-order valence-electron chi connectivity index (χ4n) is 11.3. The summed E-state index contributed by atoms with van der Waals surface area (Å²) >= 11 is 0. The summed E-state index contributed by atoms with van der Waals surface area (Å²) < 4.78 is 23.5. The summed E-state index contributed by atoms with van der Waals surface area (Å²) in [6.07, 6.45) is -10.6. The highest BCUT2D eigenvalue weighted by atomic mass is 16.8. The van der Waals surface area contributed by atoms with Gasteiger partial charge in [0, 0.05) is 0 Å². The zero-order chi connectivity index (χ0) is 38.0. The predicted octanol–water partition coefficient (Wildman–Crippen LogP) is 0.755. The van der Waals surface area contributed by atoms with E-state index in [1.165, 1.54) is 5.57 Å². The molecule has 20 atom stereocenters. The molecule has 0 radical (unpaired) electrons. The summed E-state index contributed by atoms with van der Waals surface area (Å²) in [6.45, 7) is 14.5. The van der Waals surface area contributed by atoms with Gasteiger partial charge in [0.1, 0.15) is 54.9 Å². The van der Waals surface area contributed by atoms with Crippen LogP contribution in [0.4, 0.5) is 0 Å². The Morgan fingerprint density at radius 1 is 0.865 bits per heavy atom. The Balaban J connectivity index is 1.24. The SMILES string of the molecule is C=C(CC[C@@H](C)[C@H]1CC[C@H]2[C@@H]3[C@@H](O)C=C4[C@@H](OC5OC[C@@H](O)[C@H](O)[C@H]5OC5O[C@H](CO)[C@H](O)[C@H](O)[C@H]5O)[C@@H](O)[C@H](O)C[C@]4(C)[C@H]3CC[C@]12C)C(C)C. The van der Waals surface area contributed by atoms with Gasteiger partial charge in [-0.05, 0) is 96.9 Å². The van der Waals surface area contributed by atoms with E-state index >= 15 is 0 Å². The second-order valence-corrected chi connectivity index (χ2v) is 17.8. The van der Waals surface area contributed by atoms with E-state index in [-0.39, 0.29) is 36.2 Å². The molecule has 0 spiro atoms. The largest absolute Gasteiger partial charge is 0.394 e.